The SMILES string of the molecule is CC1(C)CSCC(C)(C)C1=N.Cl. The Morgan fingerprint density at radius 3 is 1.67 bits per heavy atom. The van der Waals surface area contributed by atoms with Crippen molar-refractivity contribution in [2.75, 3.05) is 11.5 Å². The lowest BCUT2D eigenvalue weighted by atomic mass is 9.74. The molecule has 0 unspecified atom stereocenters. The van der Waals surface area contributed by atoms with Crippen LogP contribution in [0.25, 0.3) is 0 Å². The van der Waals surface area contributed by atoms with E-state index in [-0.39, 0.29) is 23.2 Å². The van der Waals surface area contributed by atoms with Gasteiger partial charge in [0.05, 0.1) is 0 Å². The molecule has 1 aliphatic heterocycles. The second-order valence-electron chi connectivity index (χ2n) is 4.64. The summed E-state index contributed by atoms with van der Waals surface area (Å²) >= 11 is 1.97. The minimum atomic E-state index is 0. The molecular weight excluding hydrogens is 190 g/mol. The van der Waals surface area contributed by atoms with Crippen molar-refractivity contribution in [2.24, 2.45) is 10.8 Å². The van der Waals surface area contributed by atoms with Crippen LogP contribution in [0.4, 0.5) is 0 Å². The van der Waals surface area contributed by atoms with Gasteiger partial charge in [0.2, 0.25) is 0 Å². The molecule has 0 amide bonds. The summed E-state index contributed by atoms with van der Waals surface area (Å²) in [5, 5.41) is 7.98. The highest BCUT2D eigenvalue weighted by molar-refractivity contribution is 7.99. The Kier molecular flexibility index (Phi) is 3.68. The number of nitrogens with one attached hydrogen (secondary N) is 1. The van der Waals surface area contributed by atoms with E-state index in [1.807, 2.05) is 11.8 Å². The first-order valence-corrected chi connectivity index (χ1v) is 5.19. The quantitative estimate of drug-likeness (QED) is 0.648. The van der Waals surface area contributed by atoms with Gasteiger partial charge < -0.3 is 5.41 Å². The van der Waals surface area contributed by atoms with Gasteiger partial charge in [0.1, 0.15) is 0 Å². The lowest BCUT2D eigenvalue weighted by molar-refractivity contribution is 0.470. The maximum Gasteiger partial charge on any atom is 0.0218 e. The zero-order valence-corrected chi connectivity index (χ0v) is 9.86. The van der Waals surface area contributed by atoms with Crippen LogP contribution in [0.2, 0.25) is 0 Å². The van der Waals surface area contributed by atoms with Crippen molar-refractivity contribution in [3.8, 4) is 0 Å². The number of hydrogen-bond donors (Lipinski definition) is 1. The van der Waals surface area contributed by atoms with E-state index in [0.29, 0.717) is 0 Å². The van der Waals surface area contributed by atoms with Gasteiger partial charge in [-0.1, -0.05) is 27.7 Å². The molecule has 0 aromatic heterocycles. The first-order valence-electron chi connectivity index (χ1n) is 4.03. The van der Waals surface area contributed by atoms with E-state index in [1.165, 1.54) is 0 Å². The predicted octanol–water partition coefficient (Wildman–Crippen LogP) is 3.23. The lowest BCUT2D eigenvalue weighted by Gasteiger charge is -2.41. The monoisotopic (exact) mass is 207 g/mol. The van der Waals surface area contributed by atoms with Crippen LogP contribution in [0.1, 0.15) is 27.7 Å². The Morgan fingerprint density at radius 1 is 1.08 bits per heavy atom. The fraction of sp³-hybridized carbons (Fsp3) is 0.889. The third kappa shape index (κ3) is 2.17. The first kappa shape index (κ1) is 12.3. The highest BCUT2D eigenvalue weighted by Gasteiger charge is 2.39. The fourth-order valence-electron chi connectivity index (χ4n) is 1.62. The third-order valence-electron chi connectivity index (χ3n) is 2.28. The fourth-order valence-corrected chi connectivity index (χ4v) is 3.03. The van der Waals surface area contributed by atoms with E-state index in [2.05, 4.69) is 27.7 Å². The summed E-state index contributed by atoms with van der Waals surface area (Å²) in [4.78, 5) is 0. The second kappa shape index (κ2) is 3.59. The number of hydrogen-bond acceptors (Lipinski definition) is 2. The maximum atomic E-state index is 7.98. The zero-order chi connectivity index (χ0) is 8.70. The van der Waals surface area contributed by atoms with Gasteiger partial charge in [0.25, 0.3) is 0 Å². The van der Waals surface area contributed by atoms with Crippen LogP contribution in [0, 0.1) is 16.2 Å². The smallest absolute Gasteiger partial charge is 0.0218 e. The summed E-state index contributed by atoms with van der Waals surface area (Å²) in [5.74, 6) is 2.21. The molecule has 0 aliphatic carbocycles. The van der Waals surface area contributed by atoms with Crippen molar-refractivity contribution in [1.82, 2.24) is 0 Å². The largest absolute Gasteiger partial charge is 0.309 e. The van der Waals surface area contributed by atoms with Gasteiger partial charge >= 0.3 is 0 Å². The topological polar surface area (TPSA) is 23.9 Å². The molecule has 1 saturated heterocycles. The first-order chi connectivity index (χ1) is 4.86. The highest BCUT2D eigenvalue weighted by Crippen LogP contribution is 2.40. The minimum Gasteiger partial charge on any atom is -0.309 e. The number of thioether (sulfide) groups is 1. The lowest BCUT2D eigenvalue weighted by Crippen LogP contribution is -2.43. The molecule has 12 heavy (non-hydrogen) atoms. The molecule has 1 rings (SSSR count). The Bertz CT molecular complexity index is 169. The Balaban J connectivity index is 0.00000121. The Labute approximate surface area is 85.6 Å². The molecule has 0 bridgehead atoms. The van der Waals surface area contributed by atoms with Gasteiger partial charge in [-0.05, 0) is 0 Å². The molecule has 0 radical (unpaired) electrons. The summed E-state index contributed by atoms with van der Waals surface area (Å²) in [6.45, 7) is 8.68. The summed E-state index contributed by atoms with van der Waals surface area (Å²) in [7, 11) is 0. The molecule has 1 N–H and O–H groups in total. The van der Waals surface area contributed by atoms with E-state index in [0.717, 1.165) is 17.2 Å². The molecule has 0 spiro atoms. The predicted molar refractivity (Wildman–Crippen MR) is 59.9 cm³/mol. The van der Waals surface area contributed by atoms with Crippen LogP contribution in [0.5, 0.6) is 0 Å². The van der Waals surface area contributed by atoms with Crippen LogP contribution in [0.3, 0.4) is 0 Å². The molecule has 0 aromatic carbocycles. The van der Waals surface area contributed by atoms with Crippen molar-refractivity contribution in [2.45, 2.75) is 27.7 Å². The molecule has 0 aromatic rings. The molecule has 0 atom stereocenters. The van der Waals surface area contributed by atoms with Crippen LogP contribution in [-0.4, -0.2) is 17.2 Å². The number of halogens is 1. The molecular formula is C9H18ClNS. The molecule has 1 nitrogen and oxygen atoms in total. The van der Waals surface area contributed by atoms with Crippen LogP contribution >= 0.6 is 24.2 Å². The zero-order valence-electron chi connectivity index (χ0n) is 8.23. The molecule has 0 saturated carbocycles. The summed E-state index contributed by atoms with van der Waals surface area (Å²) < 4.78 is 0. The van der Waals surface area contributed by atoms with Crippen molar-refractivity contribution in [3.05, 3.63) is 0 Å². The number of rotatable bonds is 0. The normalized spacial score (nSPS) is 26.2. The van der Waals surface area contributed by atoms with E-state index < -0.39 is 0 Å². The second-order valence-corrected chi connectivity index (χ2v) is 5.62. The van der Waals surface area contributed by atoms with Gasteiger partial charge in [0.15, 0.2) is 0 Å². The van der Waals surface area contributed by atoms with E-state index >= 15 is 0 Å². The molecule has 3 heteroatoms. The summed E-state index contributed by atoms with van der Waals surface area (Å²) in [6.07, 6.45) is 0. The molecule has 1 heterocycles. The van der Waals surface area contributed by atoms with E-state index in [9.17, 15) is 0 Å². The van der Waals surface area contributed by atoms with E-state index in [1.54, 1.807) is 0 Å². The average Bonchev–Trinajstić information content (AvgIpc) is 1.82. The van der Waals surface area contributed by atoms with Gasteiger partial charge in [-0.25, -0.2) is 0 Å². The molecule has 1 aliphatic rings. The Morgan fingerprint density at radius 2 is 1.42 bits per heavy atom. The highest BCUT2D eigenvalue weighted by atomic mass is 35.5. The van der Waals surface area contributed by atoms with Crippen molar-refractivity contribution in [3.63, 3.8) is 0 Å². The molecule has 72 valence electrons. The summed E-state index contributed by atoms with van der Waals surface area (Å²) in [6, 6.07) is 0. The van der Waals surface area contributed by atoms with Gasteiger partial charge in [-0.15, -0.1) is 12.4 Å². The van der Waals surface area contributed by atoms with Gasteiger partial charge in [0, 0.05) is 28.0 Å². The van der Waals surface area contributed by atoms with E-state index in [4.69, 9.17) is 5.41 Å². The minimum absolute atomic E-state index is 0. The van der Waals surface area contributed by atoms with Crippen LogP contribution < -0.4 is 0 Å². The van der Waals surface area contributed by atoms with Gasteiger partial charge in [-0.3, -0.25) is 0 Å². The average molecular weight is 208 g/mol. The van der Waals surface area contributed by atoms with Gasteiger partial charge in [-0.2, -0.15) is 11.8 Å². The Hall–Kier alpha value is 0.310. The van der Waals surface area contributed by atoms with Crippen molar-refractivity contribution in [1.29, 1.82) is 5.41 Å². The van der Waals surface area contributed by atoms with Crippen LogP contribution in [0.15, 0.2) is 0 Å². The van der Waals surface area contributed by atoms with Crippen molar-refractivity contribution >= 4 is 29.9 Å². The standard InChI is InChI=1S/C9H17NS.ClH/c1-8(2)5-11-6-9(3,4)7(8)10;/h10H,5-6H2,1-4H3;1H. The third-order valence-corrected chi connectivity index (χ3v) is 4.13. The van der Waals surface area contributed by atoms with Crippen molar-refractivity contribution < 1.29 is 0 Å². The maximum absolute atomic E-state index is 7.98. The molecule has 1 fully saturated rings. The van der Waals surface area contributed by atoms with Crippen LogP contribution in [-0.2, 0) is 0 Å². The summed E-state index contributed by atoms with van der Waals surface area (Å²) in [5.41, 5.74) is 1.16.